The van der Waals surface area contributed by atoms with Gasteiger partial charge in [-0.2, -0.15) is 0 Å². The van der Waals surface area contributed by atoms with Crippen LogP contribution in [0.1, 0.15) is 37.4 Å². The van der Waals surface area contributed by atoms with Crippen LogP contribution in [0.4, 0.5) is 0 Å². The lowest BCUT2D eigenvalue weighted by atomic mass is 10.2. The summed E-state index contributed by atoms with van der Waals surface area (Å²) in [5.74, 6) is 1.82. The van der Waals surface area contributed by atoms with Gasteiger partial charge >= 0.3 is 0 Å². The van der Waals surface area contributed by atoms with Gasteiger partial charge in [-0.1, -0.05) is 30.5 Å². The number of rotatable bonds is 4. The first-order valence-corrected chi connectivity index (χ1v) is 7.27. The zero-order valence-corrected chi connectivity index (χ0v) is 11.9. The minimum absolute atomic E-state index is 0.0901. The first kappa shape index (κ1) is 12.3. The highest BCUT2D eigenvalue weighted by Gasteiger charge is 2.23. The molecule has 1 fully saturated rings. The van der Waals surface area contributed by atoms with Crippen molar-refractivity contribution in [2.45, 2.75) is 38.1 Å². The van der Waals surface area contributed by atoms with E-state index in [-0.39, 0.29) is 5.38 Å². The molecule has 1 unspecified atom stereocenters. The predicted octanol–water partition coefficient (Wildman–Crippen LogP) is 4.79. The SMILES string of the molecule is CC(Cl)c1nc2cccc(Cl)c2n1CCC1CC1. The second-order valence-electron chi connectivity index (χ2n) is 5.08. The van der Waals surface area contributed by atoms with Gasteiger partial charge in [0.1, 0.15) is 5.82 Å². The Morgan fingerprint density at radius 1 is 1.44 bits per heavy atom. The van der Waals surface area contributed by atoms with Gasteiger partial charge in [-0.15, -0.1) is 11.6 Å². The number of aryl methyl sites for hydroxylation is 1. The molecule has 0 N–H and O–H groups in total. The monoisotopic (exact) mass is 282 g/mol. The Morgan fingerprint density at radius 3 is 2.89 bits per heavy atom. The van der Waals surface area contributed by atoms with E-state index in [2.05, 4.69) is 9.55 Å². The van der Waals surface area contributed by atoms with E-state index in [9.17, 15) is 0 Å². The number of nitrogens with zero attached hydrogens (tertiary/aromatic N) is 2. The van der Waals surface area contributed by atoms with Crippen molar-refractivity contribution in [1.29, 1.82) is 0 Å². The maximum absolute atomic E-state index is 6.31. The molecule has 1 heterocycles. The van der Waals surface area contributed by atoms with Crippen LogP contribution in [0.2, 0.25) is 5.02 Å². The topological polar surface area (TPSA) is 17.8 Å². The second kappa shape index (κ2) is 4.75. The first-order valence-electron chi connectivity index (χ1n) is 6.45. The fraction of sp³-hybridized carbons (Fsp3) is 0.500. The average molecular weight is 283 g/mol. The van der Waals surface area contributed by atoms with Gasteiger partial charge in [0.15, 0.2) is 0 Å². The van der Waals surface area contributed by atoms with E-state index in [0.717, 1.165) is 34.3 Å². The fourth-order valence-electron chi connectivity index (χ4n) is 2.41. The van der Waals surface area contributed by atoms with Crippen molar-refractivity contribution in [3.8, 4) is 0 Å². The number of alkyl halides is 1. The van der Waals surface area contributed by atoms with E-state index in [1.807, 2.05) is 25.1 Å². The number of aromatic nitrogens is 2. The van der Waals surface area contributed by atoms with Crippen LogP contribution >= 0.6 is 23.2 Å². The minimum Gasteiger partial charge on any atom is -0.326 e. The standard InChI is InChI=1S/C14H16Cl2N2/c1-9(15)14-17-12-4-2-3-11(16)13(12)18(14)8-7-10-5-6-10/h2-4,9-10H,5-8H2,1H3. The molecular weight excluding hydrogens is 267 g/mol. The van der Waals surface area contributed by atoms with Crippen molar-refractivity contribution in [2.24, 2.45) is 5.92 Å². The maximum atomic E-state index is 6.31. The molecule has 1 aliphatic rings. The molecule has 0 radical (unpaired) electrons. The summed E-state index contributed by atoms with van der Waals surface area (Å²) < 4.78 is 2.20. The van der Waals surface area contributed by atoms with Crippen molar-refractivity contribution in [1.82, 2.24) is 9.55 Å². The van der Waals surface area contributed by atoms with Gasteiger partial charge in [-0.3, -0.25) is 0 Å². The zero-order chi connectivity index (χ0) is 12.7. The Morgan fingerprint density at radius 2 is 2.22 bits per heavy atom. The van der Waals surface area contributed by atoms with Crippen molar-refractivity contribution < 1.29 is 0 Å². The number of fused-ring (bicyclic) bond motifs is 1. The van der Waals surface area contributed by atoms with Crippen LogP contribution in [0.25, 0.3) is 11.0 Å². The van der Waals surface area contributed by atoms with E-state index in [1.54, 1.807) is 0 Å². The van der Waals surface area contributed by atoms with Crippen molar-refractivity contribution >= 4 is 34.2 Å². The molecule has 1 atom stereocenters. The molecule has 96 valence electrons. The molecule has 2 aromatic rings. The third-order valence-corrected chi connectivity index (χ3v) is 4.06. The number of hydrogen-bond donors (Lipinski definition) is 0. The number of para-hydroxylation sites is 1. The van der Waals surface area contributed by atoms with Gasteiger partial charge in [0, 0.05) is 6.54 Å². The summed E-state index contributed by atoms with van der Waals surface area (Å²) >= 11 is 12.5. The zero-order valence-electron chi connectivity index (χ0n) is 10.4. The molecule has 2 nitrogen and oxygen atoms in total. The molecule has 1 aromatic carbocycles. The molecule has 0 amide bonds. The first-order chi connectivity index (χ1) is 8.66. The van der Waals surface area contributed by atoms with E-state index in [4.69, 9.17) is 23.2 Å². The van der Waals surface area contributed by atoms with Gasteiger partial charge in [0.25, 0.3) is 0 Å². The molecule has 0 saturated heterocycles. The Balaban J connectivity index is 2.07. The molecule has 0 bridgehead atoms. The van der Waals surface area contributed by atoms with Gasteiger partial charge in [0.2, 0.25) is 0 Å². The quantitative estimate of drug-likeness (QED) is 0.738. The number of hydrogen-bond acceptors (Lipinski definition) is 1. The van der Waals surface area contributed by atoms with Gasteiger partial charge in [0.05, 0.1) is 21.4 Å². The summed E-state index contributed by atoms with van der Waals surface area (Å²) in [7, 11) is 0. The van der Waals surface area contributed by atoms with Crippen LogP contribution < -0.4 is 0 Å². The fourth-order valence-corrected chi connectivity index (χ4v) is 2.85. The van der Waals surface area contributed by atoms with Gasteiger partial charge < -0.3 is 4.57 Å². The van der Waals surface area contributed by atoms with Crippen LogP contribution in [0.5, 0.6) is 0 Å². The predicted molar refractivity (Wildman–Crippen MR) is 76.4 cm³/mol. The maximum Gasteiger partial charge on any atom is 0.127 e. The second-order valence-corrected chi connectivity index (χ2v) is 6.14. The highest BCUT2D eigenvalue weighted by atomic mass is 35.5. The Hall–Kier alpha value is -0.730. The molecule has 1 saturated carbocycles. The van der Waals surface area contributed by atoms with E-state index >= 15 is 0 Å². The molecule has 0 aliphatic heterocycles. The molecule has 4 heteroatoms. The molecular formula is C14H16Cl2N2. The number of halogens is 2. The minimum atomic E-state index is -0.0901. The van der Waals surface area contributed by atoms with E-state index in [1.165, 1.54) is 19.3 Å². The summed E-state index contributed by atoms with van der Waals surface area (Å²) in [6, 6.07) is 5.85. The lowest BCUT2D eigenvalue weighted by Crippen LogP contribution is -2.05. The van der Waals surface area contributed by atoms with Crippen LogP contribution in [0.15, 0.2) is 18.2 Å². The molecule has 1 aliphatic carbocycles. The van der Waals surface area contributed by atoms with Crippen LogP contribution in [-0.2, 0) is 6.54 Å². The average Bonchev–Trinajstić information content (AvgIpc) is 3.07. The van der Waals surface area contributed by atoms with Crippen molar-refractivity contribution in [3.05, 3.63) is 29.0 Å². The van der Waals surface area contributed by atoms with Gasteiger partial charge in [-0.25, -0.2) is 4.98 Å². The van der Waals surface area contributed by atoms with E-state index < -0.39 is 0 Å². The Kier molecular flexibility index (Phi) is 3.25. The van der Waals surface area contributed by atoms with Crippen LogP contribution in [0, 0.1) is 5.92 Å². The largest absolute Gasteiger partial charge is 0.326 e. The molecule has 0 spiro atoms. The highest BCUT2D eigenvalue weighted by molar-refractivity contribution is 6.35. The van der Waals surface area contributed by atoms with Crippen LogP contribution in [-0.4, -0.2) is 9.55 Å². The molecule has 3 rings (SSSR count). The third-order valence-electron chi connectivity index (χ3n) is 3.56. The van der Waals surface area contributed by atoms with Gasteiger partial charge in [-0.05, 0) is 31.4 Å². The Bertz CT molecular complexity index is 570. The number of benzene rings is 1. The third kappa shape index (κ3) is 2.24. The van der Waals surface area contributed by atoms with Crippen molar-refractivity contribution in [3.63, 3.8) is 0 Å². The smallest absolute Gasteiger partial charge is 0.127 e. The van der Waals surface area contributed by atoms with Crippen LogP contribution in [0.3, 0.4) is 0 Å². The summed E-state index contributed by atoms with van der Waals surface area (Å²) in [5.41, 5.74) is 1.98. The summed E-state index contributed by atoms with van der Waals surface area (Å²) in [4.78, 5) is 4.62. The van der Waals surface area contributed by atoms with Crippen molar-refractivity contribution in [2.75, 3.05) is 0 Å². The summed E-state index contributed by atoms with van der Waals surface area (Å²) in [6.07, 6.45) is 3.94. The Labute approximate surface area is 117 Å². The van der Waals surface area contributed by atoms with E-state index in [0.29, 0.717) is 0 Å². The highest BCUT2D eigenvalue weighted by Crippen LogP contribution is 2.35. The summed E-state index contributed by atoms with van der Waals surface area (Å²) in [5, 5.41) is 0.673. The molecule has 1 aromatic heterocycles. The summed E-state index contributed by atoms with van der Waals surface area (Å²) in [6.45, 7) is 2.93. The lowest BCUT2D eigenvalue weighted by Gasteiger charge is -2.10. The normalized spacial score (nSPS) is 17.3. The molecule has 18 heavy (non-hydrogen) atoms. The number of imidazole rings is 1. The lowest BCUT2D eigenvalue weighted by molar-refractivity contribution is 0.585.